The molecule has 2 heterocycles. The number of aliphatic imine (C=N–C) groups is 1. The number of guanidine groups is 1. The number of nitrogens with one attached hydrogen (secondary N) is 1. The quantitative estimate of drug-likeness (QED) is 0.355. The van der Waals surface area contributed by atoms with E-state index in [0.29, 0.717) is 0 Å². The fourth-order valence-corrected chi connectivity index (χ4v) is 4.19. The first-order valence-corrected chi connectivity index (χ1v) is 10.8. The second kappa shape index (κ2) is 12.0. The molecule has 9 heteroatoms. The van der Waals surface area contributed by atoms with Crippen molar-refractivity contribution >= 4 is 53.1 Å². The zero-order valence-corrected chi connectivity index (χ0v) is 21.3. The molecule has 0 atom stereocenters. The smallest absolute Gasteiger partial charge is 0.219 e. The Bertz CT molecular complexity index is 730. The maximum Gasteiger partial charge on any atom is 0.219 e. The summed E-state index contributed by atoms with van der Waals surface area (Å²) in [6, 6.07) is 6.09. The van der Waals surface area contributed by atoms with Crippen LogP contribution in [0.25, 0.3) is 0 Å². The number of benzene rings is 1. The number of amides is 1. The molecule has 168 valence electrons. The topological polar surface area (TPSA) is 54.4 Å². The number of nitrogens with zero attached hydrogens (tertiary/aromatic N) is 5. The van der Waals surface area contributed by atoms with Crippen LogP contribution in [0.15, 0.2) is 23.2 Å². The summed E-state index contributed by atoms with van der Waals surface area (Å²) in [5.74, 6) is 1.14. The number of piperazine rings is 2. The Morgan fingerprint density at radius 2 is 1.70 bits per heavy atom. The molecule has 1 N–H and O–H groups in total. The SMILES string of the molecule is CN=C(NCCN1CCN(C(C)=O)CC1)N1CCN(c2cc(Cl)ccc2C)CC1.I. The largest absolute Gasteiger partial charge is 0.368 e. The van der Waals surface area contributed by atoms with Gasteiger partial charge in [-0.25, -0.2) is 0 Å². The van der Waals surface area contributed by atoms with Gasteiger partial charge in [-0.15, -0.1) is 24.0 Å². The molecule has 0 saturated carbocycles. The van der Waals surface area contributed by atoms with E-state index in [4.69, 9.17) is 11.6 Å². The molecule has 0 aromatic heterocycles. The summed E-state index contributed by atoms with van der Waals surface area (Å²) >= 11 is 6.19. The van der Waals surface area contributed by atoms with Crippen molar-refractivity contribution in [2.75, 3.05) is 77.4 Å². The monoisotopic (exact) mass is 548 g/mol. The van der Waals surface area contributed by atoms with Gasteiger partial charge < -0.3 is 20.0 Å². The van der Waals surface area contributed by atoms with Gasteiger partial charge in [0.1, 0.15) is 0 Å². The summed E-state index contributed by atoms with van der Waals surface area (Å²) < 4.78 is 0. The van der Waals surface area contributed by atoms with Gasteiger partial charge in [0.05, 0.1) is 0 Å². The van der Waals surface area contributed by atoms with Gasteiger partial charge in [0.2, 0.25) is 5.91 Å². The van der Waals surface area contributed by atoms with E-state index in [2.05, 4.69) is 44.1 Å². The van der Waals surface area contributed by atoms with Crippen LogP contribution < -0.4 is 10.2 Å². The van der Waals surface area contributed by atoms with Crippen LogP contribution in [0.2, 0.25) is 5.02 Å². The maximum atomic E-state index is 11.4. The minimum Gasteiger partial charge on any atom is -0.368 e. The Morgan fingerprint density at radius 1 is 1.07 bits per heavy atom. The summed E-state index contributed by atoms with van der Waals surface area (Å²) in [6.45, 7) is 12.9. The fraction of sp³-hybridized carbons (Fsp3) is 0.619. The predicted molar refractivity (Wildman–Crippen MR) is 135 cm³/mol. The van der Waals surface area contributed by atoms with E-state index in [1.54, 1.807) is 6.92 Å². The Kier molecular flexibility index (Phi) is 9.96. The highest BCUT2D eigenvalue weighted by Gasteiger charge is 2.22. The van der Waals surface area contributed by atoms with E-state index in [0.717, 1.165) is 76.4 Å². The minimum atomic E-state index is 0. The lowest BCUT2D eigenvalue weighted by atomic mass is 10.1. The van der Waals surface area contributed by atoms with Crippen LogP contribution in [0.3, 0.4) is 0 Å². The number of hydrogen-bond acceptors (Lipinski definition) is 4. The molecular formula is C21H34ClIN6O. The molecule has 0 aliphatic carbocycles. The van der Waals surface area contributed by atoms with E-state index < -0.39 is 0 Å². The van der Waals surface area contributed by atoms with Crippen LogP contribution in [0.1, 0.15) is 12.5 Å². The molecule has 0 radical (unpaired) electrons. The molecule has 2 aliphatic heterocycles. The number of carbonyl (C=O) groups is 1. The van der Waals surface area contributed by atoms with Crippen molar-refractivity contribution in [2.45, 2.75) is 13.8 Å². The number of anilines is 1. The summed E-state index contributed by atoms with van der Waals surface area (Å²) in [5, 5.41) is 4.30. The lowest BCUT2D eigenvalue weighted by Crippen LogP contribution is -2.54. The van der Waals surface area contributed by atoms with Crippen LogP contribution >= 0.6 is 35.6 Å². The average molecular weight is 549 g/mol. The van der Waals surface area contributed by atoms with Gasteiger partial charge in [-0.3, -0.25) is 14.7 Å². The minimum absolute atomic E-state index is 0. The highest BCUT2D eigenvalue weighted by molar-refractivity contribution is 14.0. The van der Waals surface area contributed by atoms with Crippen LogP contribution in [0.4, 0.5) is 5.69 Å². The number of halogens is 2. The van der Waals surface area contributed by atoms with Crippen molar-refractivity contribution in [3.05, 3.63) is 28.8 Å². The third kappa shape index (κ3) is 6.62. The normalized spacial score (nSPS) is 18.3. The van der Waals surface area contributed by atoms with Gasteiger partial charge in [0.15, 0.2) is 5.96 Å². The van der Waals surface area contributed by atoms with E-state index in [1.165, 1.54) is 11.3 Å². The van der Waals surface area contributed by atoms with Crippen LogP contribution in [-0.2, 0) is 4.79 Å². The van der Waals surface area contributed by atoms with Gasteiger partial charge in [-0.1, -0.05) is 17.7 Å². The Labute approximate surface area is 202 Å². The molecule has 2 fully saturated rings. The van der Waals surface area contributed by atoms with Crippen LogP contribution in [0, 0.1) is 6.92 Å². The molecule has 30 heavy (non-hydrogen) atoms. The molecule has 1 aromatic carbocycles. The molecule has 3 rings (SSSR count). The van der Waals surface area contributed by atoms with Gasteiger partial charge in [0.25, 0.3) is 0 Å². The first kappa shape index (κ1) is 25.0. The van der Waals surface area contributed by atoms with Crippen LogP contribution in [-0.4, -0.2) is 99.1 Å². The number of aryl methyl sites for hydroxylation is 1. The van der Waals surface area contributed by atoms with Crippen molar-refractivity contribution < 1.29 is 4.79 Å². The predicted octanol–water partition coefficient (Wildman–Crippen LogP) is 2.13. The second-order valence-electron chi connectivity index (χ2n) is 7.73. The molecule has 2 aliphatic rings. The first-order chi connectivity index (χ1) is 14.0. The first-order valence-electron chi connectivity index (χ1n) is 10.4. The van der Waals surface area contributed by atoms with Crippen molar-refractivity contribution in [1.82, 2.24) is 20.0 Å². The van der Waals surface area contributed by atoms with Gasteiger partial charge >= 0.3 is 0 Å². The third-order valence-electron chi connectivity index (χ3n) is 5.83. The average Bonchev–Trinajstić information content (AvgIpc) is 2.73. The molecule has 7 nitrogen and oxygen atoms in total. The highest BCUT2D eigenvalue weighted by atomic mass is 127. The second-order valence-corrected chi connectivity index (χ2v) is 8.16. The maximum absolute atomic E-state index is 11.4. The number of rotatable bonds is 4. The standard InChI is InChI=1S/C21H33ClN6O.HI/c1-17-4-5-19(22)16-20(17)27-12-14-28(15-13-27)21(23-3)24-6-7-25-8-10-26(11-9-25)18(2)29;/h4-5,16H,6-15H2,1-3H3,(H,23,24);1H. The van der Waals surface area contributed by atoms with E-state index in [1.807, 2.05) is 18.0 Å². The summed E-state index contributed by atoms with van der Waals surface area (Å²) in [4.78, 5) is 25.0. The molecule has 0 bridgehead atoms. The van der Waals surface area contributed by atoms with Crippen molar-refractivity contribution in [3.63, 3.8) is 0 Å². The summed E-state index contributed by atoms with van der Waals surface area (Å²) in [7, 11) is 1.85. The summed E-state index contributed by atoms with van der Waals surface area (Å²) in [6.07, 6.45) is 0. The van der Waals surface area contributed by atoms with Gasteiger partial charge in [0, 0.05) is 90.1 Å². The molecule has 2 saturated heterocycles. The van der Waals surface area contributed by atoms with Crippen molar-refractivity contribution in [1.29, 1.82) is 0 Å². The Balaban J connectivity index is 0.00000320. The molecule has 0 spiro atoms. The highest BCUT2D eigenvalue weighted by Crippen LogP contribution is 2.25. The van der Waals surface area contributed by atoms with Crippen LogP contribution in [0.5, 0.6) is 0 Å². The zero-order valence-electron chi connectivity index (χ0n) is 18.2. The Morgan fingerprint density at radius 3 is 2.30 bits per heavy atom. The Hall–Kier alpha value is -1.26. The van der Waals surface area contributed by atoms with E-state index in [9.17, 15) is 4.79 Å². The summed E-state index contributed by atoms with van der Waals surface area (Å²) in [5.41, 5.74) is 2.49. The number of carbonyl (C=O) groups excluding carboxylic acids is 1. The van der Waals surface area contributed by atoms with E-state index in [-0.39, 0.29) is 29.9 Å². The molecular weight excluding hydrogens is 515 g/mol. The lowest BCUT2D eigenvalue weighted by molar-refractivity contribution is -0.130. The van der Waals surface area contributed by atoms with Gasteiger partial charge in [-0.2, -0.15) is 0 Å². The molecule has 1 amide bonds. The fourth-order valence-electron chi connectivity index (χ4n) is 4.03. The van der Waals surface area contributed by atoms with Gasteiger partial charge in [-0.05, 0) is 24.6 Å². The van der Waals surface area contributed by atoms with Crippen molar-refractivity contribution in [2.24, 2.45) is 4.99 Å². The number of hydrogen-bond donors (Lipinski definition) is 1. The van der Waals surface area contributed by atoms with Crippen molar-refractivity contribution in [3.8, 4) is 0 Å². The lowest BCUT2D eigenvalue weighted by Gasteiger charge is -2.38. The molecule has 1 aromatic rings. The zero-order chi connectivity index (χ0) is 20.8. The van der Waals surface area contributed by atoms with E-state index >= 15 is 0 Å². The third-order valence-corrected chi connectivity index (χ3v) is 6.07. The molecule has 0 unspecified atom stereocenters.